The SMILES string of the molecule is CC(C)(C)O.Cc1cc2nc(-c3ccnc(-c4ccc5c(cnn5C(F)(F)F)c4)c3)sc2c(-c2ccc(Cl)cc2)c1CC(=O)O. The number of aliphatic carboxylic acids is 1. The topological polar surface area (TPSA) is 101 Å². The first-order valence-electron chi connectivity index (χ1n) is 13.7. The highest BCUT2D eigenvalue weighted by Crippen LogP contribution is 2.41. The molecule has 0 fully saturated rings. The molecule has 3 aromatic heterocycles. The number of hydrogen-bond acceptors (Lipinski definition) is 6. The standard InChI is InChI=1S/C29H18ClF3N4O2S.C4H10O/c1-15-10-23-27(26(21(15)13-25(38)39)16-2-5-20(30)6-3-16)40-28(36-23)18-8-9-34-22(12-18)17-4-7-24-19(11-17)14-35-37(24)29(31,32)33;1-4(2,3)5/h2-12,14H,13H2,1H3,(H,38,39);5H,1-3H3. The molecule has 0 spiro atoms. The van der Waals surface area contributed by atoms with Crippen molar-refractivity contribution in [3.05, 3.63) is 89.2 Å². The van der Waals surface area contributed by atoms with E-state index in [0.717, 1.165) is 32.5 Å². The third kappa shape index (κ3) is 7.33. The molecular weight excluding hydrogens is 625 g/mol. The highest BCUT2D eigenvalue weighted by Gasteiger charge is 2.33. The zero-order valence-corrected chi connectivity index (χ0v) is 26.2. The zero-order chi connectivity index (χ0) is 32.7. The van der Waals surface area contributed by atoms with E-state index in [1.807, 2.05) is 37.3 Å². The van der Waals surface area contributed by atoms with Crippen molar-refractivity contribution in [3.63, 3.8) is 0 Å². The van der Waals surface area contributed by atoms with Crippen LogP contribution in [0.1, 0.15) is 31.9 Å². The number of rotatable bonds is 5. The Labute approximate surface area is 265 Å². The van der Waals surface area contributed by atoms with Crippen molar-refractivity contribution in [1.82, 2.24) is 19.7 Å². The lowest BCUT2D eigenvalue weighted by molar-refractivity contribution is -0.209. The number of carbonyl (C=O) groups is 1. The van der Waals surface area contributed by atoms with Gasteiger partial charge in [0.1, 0.15) is 5.01 Å². The number of benzene rings is 3. The fourth-order valence-corrected chi connectivity index (χ4v) is 6.04. The Bertz CT molecular complexity index is 2020. The van der Waals surface area contributed by atoms with E-state index in [1.165, 1.54) is 23.6 Å². The van der Waals surface area contributed by atoms with Crippen LogP contribution in [-0.2, 0) is 17.5 Å². The molecule has 3 aromatic carbocycles. The smallest absolute Gasteiger partial charge is 0.481 e. The highest BCUT2D eigenvalue weighted by molar-refractivity contribution is 7.22. The molecule has 6 rings (SSSR count). The Morgan fingerprint density at radius 1 is 0.978 bits per heavy atom. The number of pyridine rings is 1. The lowest BCUT2D eigenvalue weighted by Crippen LogP contribution is -2.17. The first-order chi connectivity index (χ1) is 21.1. The van der Waals surface area contributed by atoms with Crippen LogP contribution in [-0.4, -0.2) is 41.5 Å². The van der Waals surface area contributed by atoms with Gasteiger partial charge in [-0.1, -0.05) is 29.8 Å². The maximum absolute atomic E-state index is 13.2. The molecule has 0 aliphatic carbocycles. The number of hydrogen-bond donors (Lipinski definition) is 2. The second-order valence-corrected chi connectivity index (χ2v) is 12.8. The van der Waals surface area contributed by atoms with Crippen molar-refractivity contribution in [2.24, 2.45) is 0 Å². The summed E-state index contributed by atoms with van der Waals surface area (Å²) in [5.41, 5.74) is 5.35. The molecule has 3 heterocycles. The van der Waals surface area contributed by atoms with Crippen molar-refractivity contribution < 1.29 is 28.2 Å². The predicted molar refractivity (Wildman–Crippen MR) is 171 cm³/mol. The Kier molecular flexibility index (Phi) is 8.72. The molecular formula is C33H28ClF3N4O3S. The van der Waals surface area contributed by atoms with E-state index in [-0.39, 0.29) is 16.6 Å². The molecule has 0 aliphatic heterocycles. The number of alkyl halides is 3. The molecule has 232 valence electrons. The summed E-state index contributed by atoms with van der Waals surface area (Å²) in [7, 11) is 0. The average molecular weight is 653 g/mol. The summed E-state index contributed by atoms with van der Waals surface area (Å²) in [6.45, 7) is 7.10. The van der Waals surface area contributed by atoms with Gasteiger partial charge >= 0.3 is 12.3 Å². The molecule has 0 bridgehead atoms. The fourth-order valence-electron chi connectivity index (χ4n) is 4.78. The number of aromatic nitrogens is 4. The minimum absolute atomic E-state index is 0.0377. The maximum atomic E-state index is 13.2. The average Bonchev–Trinajstić information content (AvgIpc) is 3.57. The largest absolute Gasteiger partial charge is 0.505 e. The fraction of sp³-hybridized carbons (Fsp3) is 0.212. The molecule has 7 nitrogen and oxygen atoms in total. The lowest BCUT2D eigenvalue weighted by atomic mass is 9.93. The molecule has 0 saturated carbocycles. The van der Waals surface area contributed by atoms with Crippen molar-refractivity contribution in [2.75, 3.05) is 0 Å². The Balaban J connectivity index is 0.000000743. The Morgan fingerprint density at radius 2 is 1.64 bits per heavy atom. The number of fused-ring (bicyclic) bond motifs is 2. The summed E-state index contributed by atoms with van der Waals surface area (Å²) in [6.07, 6.45) is -1.94. The number of halogens is 4. The Hall–Kier alpha value is -4.32. The van der Waals surface area contributed by atoms with Gasteiger partial charge in [0.15, 0.2) is 0 Å². The van der Waals surface area contributed by atoms with Gasteiger partial charge in [-0.3, -0.25) is 9.78 Å². The molecule has 0 radical (unpaired) electrons. The van der Waals surface area contributed by atoms with Gasteiger partial charge in [0.05, 0.1) is 39.6 Å². The van der Waals surface area contributed by atoms with E-state index in [0.29, 0.717) is 32.2 Å². The van der Waals surface area contributed by atoms with E-state index >= 15 is 0 Å². The number of thiazole rings is 1. The number of carboxylic acids is 1. The van der Waals surface area contributed by atoms with Crippen LogP contribution in [0.25, 0.3) is 54.1 Å². The van der Waals surface area contributed by atoms with Gasteiger partial charge in [0.2, 0.25) is 0 Å². The van der Waals surface area contributed by atoms with Crippen LogP contribution < -0.4 is 0 Å². The summed E-state index contributed by atoms with van der Waals surface area (Å²) in [4.78, 5) is 21.0. The first-order valence-corrected chi connectivity index (χ1v) is 14.9. The highest BCUT2D eigenvalue weighted by atomic mass is 35.5. The van der Waals surface area contributed by atoms with Gasteiger partial charge in [-0.25, -0.2) is 4.98 Å². The second kappa shape index (κ2) is 12.2. The lowest BCUT2D eigenvalue weighted by Gasteiger charge is -2.13. The molecule has 0 aliphatic rings. The summed E-state index contributed by atoms with van der Waals surface area (Å²) in [6, 6.07) is 17.4. The van der Waals surface area contributed by atoms with E-state index in [2.05, 4.69) is 10.1 Å². The molecule has 0 atom stereocenters. The number of nitrogens with zero attached hydrogens (tertiary/aromatic N) is 4. The van der Waals surface area contributed by atoms with Crippen LogP contribution in [0.5, 0.6) is 0 Å². The normalized spacial score (nSPS) is 11.9. The van der Waals surface area contributed by atoms with E-state index in [1.54, 1.807) is 51.2 Å². The monoisotopic (exact) mass is 652 g/mol. The second-order valence-electron chi connectivity index (χ2n) is 11.4. The van der Waals surface area contributed by atoms with Crippen LogP contribution in [0.2, 0.25) is 5.02 Å². The van der Waals surface area contributed by atoms with E-state index in [9.17, 15) is 23.1 Å². The van der Waals surface area contributed by atoms with Gasteiger partial charge < -0.3 is 10.2 Å². The van der Waals surface area contributed by atoms with Crippen molar-refractivity contribution in [1.29, 1.82) is 0 Å². The van der Waals surface area contributed by atoms with Crippen molar-refractivity contribution >= 4 is 50.0 Å². The third-order valence-corrected chi connectivity index (χ3v) is 7.97. The van der Waals surface area contributed by atoms with Crippen molar-refractivity contribution in [3.8, 4) is 33.0 Å². The quantitative estimate of drug-likeness (QED) is 0.193. The molecule has 45 heavy (non-hydrogen) atoms. The summed E-state index contributed by atoms with van der Waals surface area (Å²) < 4.78 is 40.5. The molecule has 0 unspecified atom stereocenters. The third-order valence-electron chi connectivity index (χ3n) is 6.58. The number of aryl methyl sites for hydroxylation is 1. The zero-order valence-electron chi connectivity index (χ0n) is 24.6. The van der Waals surface area contributed by atoms with Crippen molar-refractivity contribution in [2.45, 2.75) is 46.0 Å². The molecule has 2 N–H and O–H groups in total. The van der Waals surface area contributed by atoms with Crippen LogP contribution in [0.4, 0.5) is 13.2 Å². The van der Waals surface area contributed by atoms with Gasteiger partial charge in [-0.2, -0.15) is 9.78 Å². The predicted octanol–water partition coefficient (Wildman–Crippen LogP) is 8.88. The van der Waals surface area contributed by atoms with E-state index in [4.69, 9.17) is 21.7 Å². The van der Waals surface area contributed by atoms with Crippen LogP contribution in [0.15, 0.2) is 73.1 Å². The van der Waals surface area contributed by atoms with Crippen LogP contribution >= 0.6 is 22.9 Å². The van der Waals surface area contributed by atoms with Crippen LogP contribution in [0, 0.1) is 6.92 Å². The molecule has 0 saturated heterocycles. The van der Waals surface area contributed by atoms with Gasteiger partial charge in [0, 0.05) is 33.3 Å². The van der Waals surface area contributed by atoms with Gasteiger partial charge in [-0.15, -0.1) is 24.5 Å². The van der Waals surface area contributed by atoms with Gasteiger partial charge in [0.25, 0.3) is 0 Å². The summed E-state index contributed by atoms with van der Waals surface area (Å²) in [5.74, 6) is -0.932. The van der Waals surface area contributed by atoms with Crippen LogP contribution in [0.3, 0.4) is 0 Å². The first kappa shape index (κ1) is 32.1. The Morgan fingerprint density at radius 3 is 2.29 bits per heavy atom. The molecule has 0 amide bonds. The van der Waals surface area contributed by atoms with Gasteiger partial charge in [-0.05, 0) is 86.8 Å². The minimum atomic E-state index is -4.61. The maximum Gasteiger partial charge on any atom is 0.505 e. The number of carboxylic acid groups (broad SMARTS) is 1. The minimum Gasteiger partial charge on any atom is -0.481 e. The molecule has 6 aromatic rings. The summed E-state index contributed by atoms with van der Waals surface area (Å²) >= 11 is 7.55. The molecule has 12 heteroatoms. The summed E-state index contributed by atoms with van der Waals surface area (Å²) in [5, 5.41) is 23.2. The van der Waals surface area contributed by atoms with E-state index < -0.39 is 17.9 Å². The number of aliphatic hydroxyl groups is 1.